The van der Waals surface area contributed by atoms with Gasteiger partial charge in [0.05, 0.1) is 6.04 Å². The number of aromatic nitrogens is 2. The number of hydrogen-bond acceptors (Lipinski definition) is 6. The van der Waals surface area contributed by atoms with Crippen molar-refractivity contribution in [1.29, 1.82) is 0 Å². The molecule has 0 spiro atoms. The summed E-state index contributed by atoms with van der Waals surface area (Å²) in [5, 5.41) is 9.31. The van der Waals surface area contributed by atoms with Crippen molar-refractivity contribution in [3.63, 3.8) is 0 Å². The number of carbonyl (C=O) groups is 1. The summed E-state index contributed by atoms with van der Waals surface area (Å²) in [6, 6.07) is 4.55. The first-order valence-electron chi connectivity index (χ1n) is 10.7. The molecule has 6 nitrogen and oxygen atoms in total. The van der Waals surface area contributed by atoms with Crippen LogP contribution in [0, 0.1) is 5.92 Å². The van der Waals surface area contributed by atoms with Crippen LogP contribution in [0.1, 0.15) is 76.0 Å². The molecular weight excluding hydrogens is 384 g/mol. The van der Waals surface area contributed by atoms with Gasteiger partial charge in [0.25, 0.3) is 0 Å². The smallest absolute Gasteiger partial charge is 0.226 e. The number of piperidine rings is 1. The van der Waals surface area contributed by atoms with Crippen LogP contribution in [0.15, 0.2) is 22.0 Å². The fourth-order valence-corrected chi connectivity index (χ4v) is 4.45. The van der Waals surface area contributed by atoms with Gasteiger partial charge in [0.15, 0.2) is 5.82 Å². The van der Waals surface area contributed by atoms with Gasteiger partial charge in [-0.1, -0.05) is 38.9 Å². The summed E-state index contributed by atoms with van der Waals surface area (Å²) in [6.45, 7) is 11.4. The summed E-state index contributed by atoms with van der Waals surface area (Å²) in [6.07, 6.45) is 4.28. The normalized spacial score (nSPS) is 17.4. The van der Waals surface area contributed by atoms with E-state index in [9.17, 15) is 4.79 Å². The van der Waals surface area contributed by atoms with Crippen molar-refractivity contribution in [2.24, 2.45) is 5.92 Å². The quantitative estimate of drug-likeness (QED) is 0.690. The Hall–Kier alpha value is -1.73. The number of amides is 1. The summed E-state index contributed by atoms with van der Waals surface area (Å²) in [5.41, 5.74) is -0.123. The molecule has 3 rings (SSSR count). The van der Waals surface area contributed by atoms with Gasteiger partial charge in [-0.25, -0.2) is 0 Å². The average molecular weight is 419 g/mol. The van der Waals surface area contributed by atoms with Gasteiger partial charge in [-0.05, 0) is 49.7 Å². The summed E-state index contributed by atoms with van der Waals surface area (Å²) in [5.74, 6) is 2.22. The molecule has 1 fully saturated rings. The van der Waals surface area contributed by atoms with Gasteiger partial charge < -0.3 is 9.84 Å². The molecule has 1 unspecified atom stereocenters. The highest BCUT2D eigenvalue weighted by molar-refractivity contribution is 7.10. The average Bonchev–Trinajstić information content (AvgIpc) is 3.35. The van der Waals surface area contributed by atoms with Crippen molar-refractivity contribution in [1.82, 2.24) is 20.4 Å². The van der Waals surface area contributed by atoms with E-state index in [0.717, 1.165) is 19.0 Å². The number of carbonyl (C=O) groups excluding carboxylic acids is 1. The number of rotatable bonds is 8. The third-order valence-corrected chi connectivity index (χ3v) is 6.53. The lowest BCUT2D eigenvalue weighted by Crippen LogP contribution is -2.41. The highest BCUT2D eigenvalue weighted by Crippen LogP contribution is 2.29. The van der Waals surface area contributed by atoms with E-state index in [1.54, 1.807) is 11.3 Å². The molecular formula is C22H34N4O2S. The van der Waals surface area contributed by atoms with E-state index in [-0.39, 0.29) is 17.4 Å². The Balaban J connectivity index is 1.46. The molecule has 3 heterocycles. The number of nitrogens with zero attached hydrogens (tertiary/aromatic N) is 3. The van der Waals surface area contributed by atoms with Gasteiger partial charge in [0, 0.05) is 29.7 Å². The molecule has 0 saturated carbocycles. The molecule has 0 bridgehead atoms. The van der Waals surface area contributed by atoms with Crippen molar-refractivity contribution < 1.29 is 9.32 Å². The van der Waals surface area contributed by atoms with Crippen LogP contribution in [-0.4, -0.2) is 40.6 Å². The van der Waals surface area contributed by atoms with E-state index in [4.69, 9.17) is 4.52 Å². The van der Waals surface area contributed by atoms with Gasteiger partial charge in [-0.15, -0.1) is 11.3 Å². The van der Waals surface area contributed by atoms with Crippen molar-refractivity contribution in [3.8, 4) is 0 Å². The third kappa shape index (κ3) is 6.37. The molecule has 160 valence electrons. The highest BCUT2D eigenvalue weighted by Gasteiger charge is 2.26. The molecule has 29 heavy (non-hydrogen) atoms. The van der Waals surface area contributed by atoms with Crippen molar-refractivity contribution in [2.75, 3.05) is 19.6 Å². The summed E-state index contributed by atoms with van der Waals surface area (Å²) in [4.78, 5) is 20.7. The van der Waals surface area contributed by atoms with Crippen LogP contribution in [0.5, 0.6) is 0 Å². The van der Waals surface area contributed by atoms with Gasteiger partial charge in [0.1, 0.15) is 0 Å². The molecule has 2 aromatic heterocycles. The molecule has 1 aliphatic heterocycles. The van der Waals surface area contributed by atoms with Crippen LogP contribution in [-0.2, 0) is 16.6 Å². The van der Waals surface area contributed by atoms with E-state index in [2.05, 4.69) is 65.6 Å². The van der Waals surface area contributed by atoms with Crippen LogP contribution in [0.2, 0.25) is 0 Å². The van der Waals surface area contributed by atoms with Crippen molar-refractivity contribution in [3.05, 3.63) is 34.1 Å². The minimum Gasteiger partial charge on any atom is -0.354 e. The van der Waals surface area contributed by atoms with Crippen molar-refractivity contribution >= 4 is 17.2 Å². The summed E-state index contributed by atoms with van der Waals surface area (Å²) >= 11 is 1.78. The first-order valence-corrected chi connectivity index (χ1v) is 11.6. The second kappa shape index (κ2) is 9.85. The first kappa shape index (κ1) is 22.0. The standard InChI is InChI=1S/C22H34N4O2S/c1-16-10-12-26(13-11-16)17(18-7-6-14-29-18)15-23-19(27)8-5-9-20-24-21(25-28-20)22(2,3)4/h6-7,14,16-17H,5,8-13,15H2,1-4H3,(H,23,27). The van der Waals surface area contributed by atoms with E-state index in [1.807, 2.05) is 0 Å². The molecule has 1 saturated heterocycles. The highest BCUT2D eigenvalue weighted by atomic mass is 32.1. The van der Waals surface area contributed by atoms with E-state index in [0.29, 0.717) is 37.5 Å². The molecule has 7 heteroatoms. The van der Waals surface area contributed by atoms with E-state index < -0.39 is 0 Å². The number of aryl methyl sites for hydroxylation is 1. The maximum atomic E-state index is 12.4. The molecule has 1 amide bonds. The predicted octanol–water partition coefficient (Wildman–Crippen LogP) is 4.34. The molecule has 1 aliphatic rings. The Morgan fingerprint density at radius 3 is 2.76 bits per heavy atom. The second-order valence-corrected chi connectivity index (χ2v) is 10.1. The first-order chi connectivity index (χ1) is 13.8. The minimum atomic E-state index is -0.123. The third-order valence-electron chi connectivity index (χ3n) is 5.56. The molecule has 2 aromatic rings. The summed E-state index contributed by atoms with van der Waals surface area (Å²) < 4.78 is 5.31. The largest absolute Gasteiger partial charge is 0.354 e. The van der Waals surface area contributed by atoms with Crippen LogP contribution in [0.3, 0.4) is 0 Å². The zero-order valence-corrected chi connectivity index (χ0v) is 18.9. The Bertz CT molecular complexity index is 758. The Morgan fingerprint density at radius 1 is 1.38 bits per heavy atom. The molecule has 1 N–H and O–H groups in total. The fraction of sp³-hybridized carbons (Fsp3) is 0.682. The lowest BCUT2D eigenvalue weighted by Gasteiger charge is -2.36. The number of nitrogens with one attached hydrogen (secondary N) is 1. The summed E-state index contributed by atoms with van der Waals surface area (Å²) in [7, 11) is 0. The van der Waals surface area contributed by atoms with Gasteiger partial charge in [0.2, 0.25) is 11.8 Å². The monoisotopic (exact) mass is 418 g/mol. The van der Waals surface area contributed by atoms with Crippen LogP contribution < -0.4 is 5.32 Å². The SMILES string of the molecule is CC1CCN(C(CNC(=O)CCCc2nc(C(C)(C)C)no2)c2cccs2)CC1. The molecule has 1 atom stereocenters. The van der Waals surface area contributed by atoms with Crippen LogP contribution >= 0.6 is 11.3 Å². The lowest BCUT2D eigenvalue weighted by atomic mass is 9.96. The Kier molecular flexibility index (Phi) is 7.46. The van der Waals surface area contributed by atoms with E-state index in [1.165, 1.54) is 17.7 Å². The molecule has 0 aliphatic carbocycles. The van der Waals surface area contributed by atoms with Crippen molar-refractivity contribution in [2.45, 2.75) is 71.3 Å². The Labute approximate surface area is 178 Å². The maximum Gasteiger partial charge on any atom is 0.226 e. The number of likely N-dealkylation sites (tertiary alicyclic amines) is 1. The number of thiophene rings is 1. The lowest BCUT2D eigenvalue weighted by molar-refractivity contribution is -0.121. The fourth-order valence-electron chi connectivity index (χ4n) is 3.59. The predicted molar refractivity (Wildman–Crippen MR) is 116 cm³/mol. The second-order valence-electron chi connectivity index (χ2n) is 9.17. The van der Waals surface area contributed by atoms with Gasteiger partial charge in [-0.3, -0.25) is 9.69 Å². The van der Waals surface area contributed by atoms with Gasteiger partial charge >= 0.3 is 0 Å². The van der Waals surface area contributed by atoms with Crippen LogP contribution in [0.25, 0.3) is 0 Å². The zero-order chi connectivity index (χ0) is 20.9. The minimum absolute atomic E-state index is 0.0903. The molecule has 0 aromatic carbocycles. The van der Waals surface area contributed by atoms with E-state index >= 15 is 0 Å². The van der Waals surface area contributed by atoms with Gasteiger partial charge in [-0.2, -0.15) is 4.98 Å². The Morgan fingerprint density at radius 2 is 2.14 bits per heavy atom. The van der Waals surface area contributed by atoms with Crippen LogP contribution in [0.4, 0.5) is 0 Å². The maximum absolute atomic E-state index is 12.4. The number of hydrogen-bond donors (Lipinski definition) is 1. The topological polar surface area (TPSA) is 71.3 Å². The zero-order valence-electron chi connectivity index (χ0n) is 18.1. The molecule has 0 radical (unpaired) electrons.